The topological polar surface area (TPSA) is 17.8 Å². The van der Waals surface area contributed by atoms with Crippen molar-refractivity contribution in [2.45, 2.75) is 0 Å². The van der Waals surface area contributed by atoms with Gasteiger partial charge in [0.2, 0.25) is 0 Å². The lowest BCUT2D eigenvalue weighted by Gasteiger charge is -2.16. The van der Waals surface area contributed by atoms with E-state index in [4.69, 9.17) is 4.98 Å². The molecule has 0 atom stereocenters. The van der Waals surface area contributed by atoms with Crippen LogP contribution in [0.25, 0.3) is 93.8 Å². The second-order valence-corrected chi connectivity index (χ2v) is 13.2. The number of fused-ring (bicyclic) bond motifs is 7. The zero-order chi connectivity index (χ0) is 33.7. The van der Waals surface area contributed by atoms with Gasteiger partial charge in [-0.1, -0.05) is 152 Å². The summed E-state index contributed by atoms with van der Waals surface area (Å²) in [5, 5.41) is 7.59. The largest absolute Gasteiger partial charge is 0.309 e. The SMILES string of the molecule is c1ccc(-c2cc(-c3cc(-c4ccccc4)nc(-c4ccccc4)c3)cc(-n3c4ccc5ccccc5c4c4c5ccccc5ccc43)c2)cc1. The minimum absolute atomic E-state index is 0.952. The summed E-state index contributed by atoms with van der Waals surface area (Å²) in [4.78, 5) is 5.19. The molecule has 0 aliphatic carbocycles. The molecule has 0 aliphatic rings. The van der Waals surface area contributed by atoms with Gasteiger partial charge in [0.05, 0.1) is 22.4 Å². The molecule has 0 saturated carbocycles. The molecule has 0 spiro atoms. The second-order valence-electron chi connectivity index (χ2n) is 13.2. The van der Waals surface area contributed by atoms with Crippen molar-refractivity contribution in [2.75, 3.05) is 0 Å². The first-order valence-corrected chi connectivity index (χ1v) is 17.5. The Balaban J connectivity index is 1.30. The zero-order valence-electron chi connectivity index (χ0n) is 27.9. The fraction of sp³-hybridized carbons (Fsp3) is 0. The van der Waals surface area contributed by atoms with Crippen molar-refractivity contribution in [3.8, 4) is 50.5 Å². The van der Waals surface area contributed by atoms with Gasteiger partial charge in [0, 0.05) is 27.6 Å². The summed E-state index contributed by atoms with van der Waals surface area (Å²) in [6.45, 7) is 0. The lowest BCUT2D eigenvalue weighted by atomic mass is 9.95. The summed E-state index contributed by atoms with van der Waals surface area (Å²) < 4.78 is 2.47. The molecule has 2 aromatic heterocycles. The maximum Gasteiger partial charge on any atom is 0.0715 e. The fourth-order valence-corrected chi connectivity index (χ4v) is 7.74. The van der Waals surface area contributed by atoms with Gasteiger partial charge < -0.3 is 4.57 Å². The van der Waals surface area contributed by atoms with Crippen molar-refractivity contribution >= 4 is 43.4 Å². The van der Waals surface area contributed by atoms with E-state index < -0.39 is 0 Å². The van der Waals surface area contributed by atoms with Crippen molar-refractivity contribution in [1.29, 1.82) is 0 Å². The molecule has 0 N–H and O–H groups in total. The molecule has 0 radical (unpaired) electrons. The van der Waals surface area contributed by atoms with Gasteiger partial charge in [0.1, 0.15) is 0 Å². The predicted octanol–water partition coefficient (Wildman–Crippen LogP) is 13.2. The normalized spacial score (nSPS) is 11.5. The van der Waals surface area contributed by atoms with Crippen LogP contribution in [0.5, 0.6) is 0 Å². The van der Waals surface area contributed by atoms with E-state index in [9.17, 15) is 0 Å². The van der Waals surface area contributed by atoms with Gasteiger partial charge in [-0.2, -0.15) is 0 Å². The van der Waals surface area contributed by atoms with Gasteiger partial charge in [-0.05, 0) is 86.3 Å². The van der Waals surface area contributed by atoms with Crippen LogP contribution in [-0.4, -0.2) is 9.55 Å². The van der Waals surface area contributed by atoms with E-state index in [1.807, 2.05) is 0 Å². The number of rotatable bonds is 5. The quantitative estimate of drug-likeness (QED) is 0.182. The Morgan fingerprint density at radius 2 is 0.725 bits per heavy atom. The summed E-state index contributed by atoms with van der Waals surface area (Å²) in [7, 11) is 0. The van der Waals surface area contributed by atoms with E-state index in [-0.39, 0.29) is 0 Å². The lowest BCUT2D eigenvalue weighted by molar-refractivity contribution is 1.18. The van der Waals surface area contributed by atoms with Crippen LogP contribution < -0.4 is 0 Å². The summed E-state index contributed by atoms with van der Waals surface area (Å²) in [6, 6.07) is 69.9. The molecule has 0 fully saturated rings. The Morgan fingerprint density at radius 3 is 1.24 bits per heavy atom. The smallest absolute Gasteiger partial charge is 0.0715 e. The Morgan fingerprint density at radius 1 is 0.314 bits per heavy atom. The maximum atomic E-state index is 5.19. The third-order valence-electron chi connectivity index (χ3n) is 10.1. The van der Waals surface area contributed by atoms with Crippen LogP contribution in [0, 0.1) is 0 Å². The molecule has 0 saturated heterocycles. The molecule has 10 rings (SSSR count). The molecule has 51 heavy (non-hydrogen) atoms. The van der Waals surface area contributed by atoms with Gasteiger partial charge >= 0.3 is 0 Å². The van der Waals surface area contributed by atoms with E-state index in [1.165, 1.54) is 54.5 Å². The fourth-order valence-electron chi connectivity index (χ4n) is 7.74. The minimum Gasteiger partial charge on any atom is -0.309 e. The first kappa shape index (κ1) is 29.2. The average molecular weight is 649 g/mol. The highest BCUT2D eigenvalue weighted by Gasteiger charge is 2.19. The summed E-state index contributed by atoms with van der Waals surface area (Å²) in [6.07, 6.45) is 0. The Bertz CT molecular complexity index is 2740. The van der Waals surface area contributed by atoms with Crippen molar-refractivity contribution in [1.82, 2.24) is 9.55 Å². The summed E-state index contributed by atoms with van der Waals surface area (Å²) >= 11 is 0. The van der Waals surface area contributed by atoms with Gasteiger partial charge in [-0.15, -0.1) is 0 Å². The highest BCUT2D eigenvalue weighted by atomic mass is 15.0. The number of nitrogens with zero attached hydrogens (tertiary/aromatic N) is 2. The van der Waals surface area contributed by atoms with E-state index >= 15 is 0 Å². The Kier molecular flexibility index (Phi) is 6.85. The second kappa shape index (κ2) is 12.0. The first-order chi connectivity index (χ1) is 25.3. The average Bonchev–Trinajstić information content (AvgIpc) is 3.57. The number of benzene rings is 8. The van der Waals surface area contributed by atoms with Crippen LogP contribution in [0.1, 0.15) is 0 Å². The summed E-state index contributed by atoms with van der Waals surface area (Å²) in [5.74, 6) is 0. The molecular weight excluding hydrogens is 617 g/mol. The number of hydrogen-bond donors (Lipinski definition) is 0. The number of hydrogen-bond acceptors (Lipinski definition) is 1. The standard InChI is InChI=1S/C49H32N2/c1-4-14-33(15-5-1)38-28-39(40-31-44(36-18-6-2-7-19-36)50-45(32-40)37-20-8-3-9-21-37)30-41(29-38)51-46-26-24-34-16-10-12-22-42(34)48(46)49-43-23-13-11-17-35(43)25-27-47(49)51/h1-32H. The highest BCUT2D eigenvalue weighted by molar-refractivity contribution is 6.28. The van der Waals surface area contributed by atoms with Crippen molar-refractivity contribution in [2.24, 2.45) is 0 Å². The number of pyridine rings is 1. The third kappa shape index (κ3) is 5.00. The molecule has 2 heteroatoms. The molecule has 2 heterocycles. The van der Waals surface area contributed by atoms with Gasteiger partial charge in [0.25, 0.3) is 0 Å². The van der Waals surface area contributed by atoms with E-state index in [0.29, 0.717) is 0 Å². The van der Waals surface area contributed by atoms with Crippen LogP contribution in [0.4, 0.5) is 0 Å². The van der Waals surface area contributed by atoms with Gasteiger partial charge in [0.15, 0.2) is 0 Å². The van der Waals surface area contributed by atoms with Crippen LogP contribution in [0.3, 0.4) is 0 Å². The minimum atomic E-state index is 0.952. The molecule has 0 unspecified atom stereocenters. The number of aromatic nitrogens is 2. The molecular formula is C49H32N2. The molecule has 0 amide bonds. The molecule has 0 aliphatic heterocycles. The lowest BCUT2D eigenvalue weighted by Crippen LogP contribution is -1.97. The van der Waals surface area contributed by atoms with Crippen molar-refractivity contribution < 1.29 is 0 Å². The van der Waals surface area contributed by atoms with Crippen molar-refractivity contribution in [3.63, 3.8) is 0 Å². The predicted molar refractivity (Wildman–Crippen MR) is 215 cm³/mol. The van der Waals surface area contributed by atoms with Crippen molar-refractivity contribution in [3.05, 3.63) is 194 Å². The Hall–Kier alpha value is -6.77. The van der Waals surface area contributed by atoms with Gasteiger partial charge in [-0.3, -0.25) is 0 Å². The molecule has 2 nitrogen and oxygen atoms in total. The molecule has 238 valence electrons. The monoisotopic (exact) mass is 648 g/mol. The third-order valence-corrected chi connectivity index (χ3v) is 10.1. The highest BCUT2D eigenvalue weighted by Crippen LogP contribution is 2.42. The molecule has 8 aromatic carbocycles. The van der Waals surface area contributed by atoms with Crippen LogP contribution in [0.2, 0.25) is 0 Å². The van der Waals surface area contributed by atoms with Gasteiger partial charge in [-0.25, -0.2) is 4.98 Å². The van der Waals surface area contributed by atoms with Crippen LogP contribution in [-0.2, 0) is 0 Å². The van der Waals surface area contributed by atoms with E-state index in [1.54, 1.807) is 0 Å². The zero-order valence-corrected chi connectivity index (χ0v) is 27.9. The van der Waals surface area contributed by atoms with E-state index in [0.717, 1.165) is 39.3 Å². The van der Waals surface area contributed by atoms with Crippen LogP contribution >= 0.6 is 0 Å². The molecule has 10 aromatic rings. The van der Waals surface area contributed by atoms with Crippen LogP contribution in [0.15, 0.2) is 194 Å². The van der Waals surface area contributed by atoms with E-state index in [2.05, 4.69) is 199 Å². The Labute approximate surface area is 296 Å². The molecule has 0 bridgehead atoms. The maximum absolute atomic E-state index is 5.19. The summed E-state index contributed by atoms with van der Waals surface area (Å²) in [5.41, 5.74) is 12.2. The first-order valence-electron chi connectivity index (χ1n) is 17.5.